The number of ether oxygens (including phenoxy) is 4. The second-order valence-corrected chi connectivity index (χ2v) is 14.1. The SMILES string of the molecule is COc1cc([C@H]2c3c(O)cc(O)cc3/C(=C/c3cc(OC)c4c(c3)[C@H](c3cc(O)cc(O)c3)[C@@H](c3ccc(O)c(OC)c3)O4)[C@@H]2c2cc(O)cc(O)c2)ccc1O. The maximum absolute atomic E-state index is 11.5. The molecule has 0 unspecified atom stereocenters. The number of hydrogen-bond donors (Lipinski definition) is 8. The third-order valence-corrected chi connectivity index (χ3v) is 10.6. The van der Waals surface area contributed by atoms with Crippen molar-refractivity contribution in [3.63, 3.8) is 0 Å². The highest BCUT2D eigenvalue weighted by molar-refractivity contribution is 5.93. The number of fused-ring (bicyclic) bond motifs is 2. The molecule has 6 aromatic rings. The van der Waals surface area contributed by atoms with E-state index in [1.807, 2.05) is 12.1 Å². The summed E-state index contributed by atoms with van der Waals surface area (Å²) in [5, 5.41) is 86.0. The van der Waals surface area contributed by atoms with Gasteiger partial charge in [-0.2, -0.15) is 0 Å². The molecule has 0 radical (unpaired) electrons. The topological polar surface area (TPSA) is 199 Å². The minimum Gasteiger partial charge on any atom is -0.508 e. The Hall–Kier alpha value is -7.34. The van der Waals surface area contributed by atoms with E-state index in [-0.39, 0.29) is 57.5 Å². The van der Waals surface area contributed by atoms with E-state index in [1.165, 1.54) is 82.0 Å². The predicted octanol–water partition coefficient (Wildman–Crippen LogP) is 8.09. The molecule has 12 heteroatoms. The number of benzene rings is 6. The summed E-state index contributed by atoms with van der Waals surface area (Å²) < 4.78 is 23.4. The number of aromatic hydroxyl groups is 8. The van der Waals surface area contributed by atoms with Gasteiger partial charge in [0.25, 0.3) is 0 Å². The van der Waals surface area contributed by atoms with Crippen LogP contribution in [-0.4, -0.2) is 62.2 Å². The third-order valence-electron chi connectivity index (χ3n) is 10.6. The number of phenols is 8. The molecule has 1 heterocycles. The summed E-state index contributed by atoms with van der Waals surface area (Å²) in [5.74, 6) is -2.14. The monoisotopic (exact) mass is 770 g/mol. The van der Waals surface area contributed by atoms with Crippen LogP contribution in [0.1, 0.15) is 68.4 Å². The van der Waals surface area contributed by atoms with Crippen molar-refractivity contribution in [2.45, 2.75) is 23.9 Å². The van der Waals surface area contributed by atoms with Crippen molar-refractivity contribution in [3.05, 3.63) is 142 Å². The van der Waals surface area contributed by atoms with Crippen molar-refractivity contribution in [3.8, 4) is 69.0 Å². The van der Waals surface area contributed by atoms with Gasteiger partial charge in [-0.3, -0.25) is 0 Å². The van der Waals surface area contributed by atoms with Gasteiger partial charge in [0.05, 0.1) is 27.2 Å². The van der Waals surface area contributed by atoms with Crippen LogP contribution in [0.25, 0.3) is 11.6 Å². The highest BCUT2D eigenvalue weighted by Gasteiger charge is 2.43. The smallest absolute Gasteiger partial charge is 0.166 e. The minimum absolute atomic E-state index is 0.0672. The molecule has 0 bridgehead atoms. The van der Waals surface area contributed by atoms with Crippen LogP contribution in [0.4, 0.5) is 0 Å². The van der Waals surface area contributed by atoms with Crippen LogP contribution in [0.3, 0.4) is 0 Å². The normalized spacial score (nSPS) is 18.8. The molecule has 0 fully saturated rings. The van der Waals surface area contributed by atoms with E-state index >= 15 is 0 Å². The lowest BCUT2D eigenvalue weighted by atomic mass is 9.79. The molecular formula is C45H38O12. The standard InChI is InChI=1S/C45H38O12/c1-54-37-15-22(4-6-34(37)51)42-40(24-11-26(46)17-27(47)12-24)31(32-19-30(50)20-36(53)43(32)42)8-21-9-33-41(25-13-28(48)18-29(49)14-25)44(57-45(33)39(10-21)56-3)23-5-7-35(52)38(16-23)55-2/h4-20,40-42,44,46-53H,1-3H3/b31-8-/t40-,41-,42+,44+/m0/s1. The molecule has 8 rings (SSSR count). The molecule has 6 aromatic carbocycles. The summed E-state index contributed by atoms with van der Waals surface area (Å²) in [6.07, 6.45) is 1.11. The van der Waals surface area contributed by atoms with Crippen molar-refractivity contribution < 1.29 is 59.8 Å². The summed E-state index contributed by atoms with van der Waals surface area (Å²) in [4.78, 5) is 0. The molecule has 57 heavy (non-hydrogen) atoms. The van der Waals surface area contributed by atoms with E-state index in [2.05, 4.69) is 0 Å². The quantitative estimate of drug-likeness (QED) is 0.0741. The fourth-order valence-electron chi connectivity index (χ4n) is 8.35. The molecule has 1 aliphatic carbocycles. The molecule has 0 saturated carbocycles. The average Bonchev–Trinajstić information content (AvgIpc) is 3.70. The van der Waals surface area contributed by atoms with E-state index in [1.54, 1.807) is 30.3 Å². The van der Waals surface area contributed by atoms with Gasteiger partial charge >= 0.3 is 0 Å². The van der Waals surface area contributed by atoms with Crippen LogP contribution in [-0.2, 0) is 0 Å². The molecule has 2 aliphatic rings. The highest BCUT2D eigenvalue weighted by Crippen LogP contribution is 2.60. The number of hydrogen-bond acceptors (Lipinski definition) is 12. The Labute approximate surface area is 326 Å². The molecule has 0 spiro atoms. The predicted molar refractivity (Wildman–Crippen MR) is 209 cm³/mol. The van der Waals surface area contributed by atoms with E-state index < -0.39 is 23.9 Å². The molecule has 0 aromatic heterocycles. The first-order valence-electron chi connectivity index (χ1n) is 17.8. The Morgan fingerprint density at radius 3 is 1.58 bits per heavy atom. The van der Waals surface area contributed by atoms with Gasteiger partial charge in [-0.1, -0.05) is 18.2 Å². The number of methoxy groups -OCH3 is 3. The van der Waals surface area contributed by atoms with Gasteiger partial charge in [-0.25, -0.2) is 0 Å². The van der Waals surface area contributed by atoms with Crippen molar-refractivity contribution in [2.24, 2.45) is 0 Å². The molecule has 0 amide bonds. The first-order chi connectivity index (χ1) is 27.4. The van der Waals surface area contributed by atoms with Gasteiger partial charge in [-0.05, 0) is 106 Å². The van der Waals surface area contributed by atoms with Crippen LogP contribution < -0.4 is 18.9 Å². The molecule has 12 nitrogen and oxygen atoms in total. The Morgan fingerprint density at radius 2 is 1.00 bits per heavy atom. The second-order valence-electron chi connectivity index (χ2n) is 14.1. The van der Waals surface area contributed by atoms with Gasteiger partial charge in [0.2, 0.25) is 0 Å². The zero-order chi connectivity index (χ0) is 40.3. The minimum atomic E-state index is -0.745. The Morgan fingerprint density at radius 1 is 0.474 bits per heavy atom. The molecule has 4 atom stereocenters. The summed E-state index contributed by atoms with van der Waals surface area (Å²) >= 11 is 0. The van der Waals surface area contributed by atoms with Crippen LogP contribution in [0.15, 0.2) is 97.1 Å². The summed E-state index contributed by atoms with van der Waals surface area (Å²) in [6.45, 7) is 0. The number of phenolic OH excluding ortho intramolecular Hbond substituents is 8. The maximum Gasteiger partial charge on any atom is 0.166 e. The second kappa shape index (κ2) is 14.1. The fraction of sp³-hybridized carbons (Fsp3) is 0.156. The lowest BCUT2D eigenvalue weighted by molar-refractivity contribution is 0.213. The zero-order valence-corrected chi connectivity index (χ0v) is 30.8. The maximum atomic E-state index is 11.5. The van der Waals surface area contributed by atoms with Gasteiger partial charge in [0.15, 0.2) is 34.5 Å². The first-order valence-corrected chi connectivity index (χ1v) is 17.8. The molecule has 0 saturated heterocycles. The largest absolute Gasteiger partial charge is 0.508 e. The van der Waals surface area contributed by atoms with Crippen molar-refractivity contribution >= 4 is 11.6 Å². The third kappa shape index (κ3) is 6.40. The van der Waals surface area contributed by atoms with Crippen molar-refractivity contribution in [1.29, 1.82) is 0 Å². The van der Waals surface area contributed by atoms with E-state index in [9.17, 15) is 40.9 Å². The van der Waals surface area contributed by atoms with Crippen LogP contribution in [0.5, 0.6) is 69.0 Å². The van der Waals surface area contributed by atoms with E-state index in [0.29, 0.717) is 61.6 Å². The summed E-state index contributed by atoms with van der Waals surface area (Å²) in [7, 11) is 4.35. The highest BCUT2D eigenvalue weighted by atomic mass is 16.5. The number of rotatable bonds is 8. The summed E-state index contributed by atoms with van der Waals surface area (Å²) in [5.41, 5.74) is 5.00. The van der Waals surface area contributed by atoms with Gasteiger partial charge in [0, 0.05) is 41.2 Å². The molecule has 290 valence electrons. The Kier molecular flexibility index (Phi) is 9.04. The van der Waals surface area contributed by atoms with Crippen molar-refractivity contribution in [2.75, 3.05) is 21.3 Å². The van der Waals surface area contributed by atoms with Gasteiger partial charge in [-0.15, -0.1) is 0 Å². The molecule has 1 aliphatic heterocycles. The Bertz CT molecular complexity index is 2560. The van der Waals surface area contributed by atoms with E-state index in [0.717, 1.165) is 0 Å². The van der Waals surface area contributed by atoms with Gasteiger partial charge in [0.1, 0.15) is 40.6 Å². The zero-order valence-electron chi connectivity index (χ0n) is 30.8. The first kappa shape index (κ1) is 36.6. The van der Waals surface area contributed by atoms with Gasteiger partial charge < -0.3 is 59.8 Å². The van der Waals surface area contributed by atoms with Crippen LogP contribution in [0.2, 0.25) is 0 Å². The lowest BCUT2D eigenvalue weighted by Gasteiger charge is -2.24. The fourth-order valence-corrected chi connectivity index (χ4v) is 8.35. The Balaban J connectivity index is 1.38. The number of allylic oxidation sites excluding steroid dienone is 1. The lowest BCUT2D eigenvalue weighted by Crippen LogP contribution is -2.11. The van der Waals surface area contributed by atoms with E-state index in [4.69, 9.17) is 18.9 Å². The van der Waals surface area contributed by atoms with Crippen LogP contribution >= 0.6 is 0 Å². The molecule has 8 N–H and O–H groups in total. The van der Waals surface area contributed by atoms with Crippen molar-refractivity contribution in [1.82, 2.24) is 0 Å². The van der Waals surface area contributed by atoms with Crippen LogP contribution in [0, 0.1) is 0 Å². The summed E-state index contributed by atoms with van der Waals surface area (Å²) in [6, 6.07) is 24.6. The molecular weight excluding hydrogens is 732 g/mol. The average molecular weight is 771 g/mol.